The van der Waals surface area contributed by atoms with Gasteiger partial charge in [-0.3, -0.25) is 4.68 Å². The lowest BCUT2D eigenvalue weighted by molar-refractivity contribution is 0.635. The van der Waals surface area contributed by atoms with Gasteiger partial charge in [0.15, 0.2) is 0 Å². The van der Waals surface area contributed by atoms with Crippen molar-refractivity contribution < 1.29 is 0 Å². The zero-order valence-corrected chi connectivity index (χ0v) is 10.6. The van der Waals surface area contributed by atoms with Crippen LogP contribution in [0.15, 0.2) is 17.6 Å². The number of rotatable bonds is 4. The summed E-state index contributed by atoms with van der Waals surface area (Å²) in [6, 6.07) is 2.30. The Morgan fingerprint density at radius 2 is 2.38 bits per heavy atom. The second-order valence-corrected chi connectivity index (χ2v) is 4.48. The Bertz CT molecular complexity index is 460. The smallest absolute Gasteiger partial charge is 0.141 e. The minimum absolute atomic E-state index is 0.294. The lowest BCUT2D eigenvalue weighted by atomic mass is 10.3. The highest BCUT2D eigenvalue weighted by Gasteiger charge is 2.11. The van der Waals surface area contributed by atoms with Crippen LogP contribution in [0.5, 0.6) is 0 Å². The fraction of sp³-hybridized carbons (Fsp3) is 0.455. The predicted octanol–water partition coefficient (Wildman–Crippen LogP) is 2.31. The number of aryl methyl sites for hydroxylation is 1. The van der Waals surface area contributed by atoms with E-state index in [2.05, 4.69) is 34.6 Å². The molecule has 0 aliphatic carbocycles. The lowest BCUT2D eigenvalue weighted by Gasteiger charge is -2.05. The molecular weight excluding hydrogens is 220 g/mol. The van der Waals surface area contributed by atoms with E-state index < -0.39 is 0 Å². The fourth-order valence-corrected chi connectivity index (χ4v) is 2.46. The summed E-state index contributed by atoms with van der Waals surface area (Å²) in [5.41, 5.74) is 2.19. The number of nitrogens with zero attached hydrogens (tertiary/aromatic N) is 3. The van der Waals surface area contributed by atoms with Gasteiger partial charge in [-0.25, -0.2) is 4.98 Å². The maximum absolute atomic E-state index is 4.63. The first kappa shape index (κ1) is 11.3. The van der Waals surface area contributed by atoms with Crippen LogP contribution in [0.4, 0.5) is 0 Å². The molecule has 0 amide bonds. The number of nitrogens with one attached hydrogen (secondary N) is 1. The lowest BCUT2D eigenvalue weighted by Crippen LogP contribution is -2.12. The van der Waals surface area contributed by atoms with Crippen molar-refractivity contribution in [2.75, 3.05) is 7.05 Å². The maximum Gasteiger partial charge on any atom is 0.141 e. The molecule has 0 saturated heterocycles. The standard InChI is InChI=1S/C11H16N4S/c1-4-15-10(5-6-13-15)11-14-9(7-16-11)8(2)12-3/h5-8,12H,4H2,1-3H3. The monoisotopic (exact) mass is 236 g/mol. The van der Waals surface area contributed by atoms with Crippen LogP contribution >= 0.6 is 11.3 Å². The molecule has 0 aliphatic heterocycles. The zero-order chi connectivity index (χ0) is 11.5. The van der Waals surface area contributed by atoms with Crippen LogP contribution in [0.3, 0.4) is 0 Å². The molecule has 0 aliphatic rings. The molecule has 4 nitrogen and oxygen atoms in total. The molecule has 16 heavy (non-hydrogen) atoms. The average molecular weight is 236 g/mol. The largest absolute Gasteiger partial charge is 0.312 e. The molecule has 5 heteroatoms. The van der Waals surface area contributed by atoms with Crippen LogP contribution in [-0.2, 0) is 6.54 Å². The Kier molecular flexibility index (Phi) is 3.36. The summed E-state index contributed by atoms with van der Waals surface area (Å²) in [5.74, 6) is 0. The molecule has 1 unspecified atom stereocenters. The van der Waals surface area contributed by atoms with Crippen molar-refractivity contribution in [2.24, 2.45) is 0 Å². The van der Waals surface area contributed by atoms with Gasteiger partial charge in [-0.1, -0.05) is 0 Å². The quantitative estimate of drug-likeness (QED) is 0.885. The van der Waals surface area contributed by atoms with E-state index in [1.807, 2.05) is 24.0 Å². The minimum Gasteiger partial charge on any atom is -0.312 e. The van der Waals surface area contributed by atoms with E-state index in [9.17, 15) is 0 Å². The Labute approximate surface area is 99.3 Å². The van der Waals surface area contributed by atoms with Gasteiger partial charge in [0, 0.05) is 24.2 Å². The maximum atomic E-state index is 4.63. The van der Waals surface area contributed by atoms with E-state index >= 15 is 0 Å². The molecule has 1 atom stereocenters. The third-order valence-corrected chi connectivity index (χ3v) is 3.52. The first-order chi connectivity index (χ1) is 7.76. The number of aromatic nitrogens is 3. The molecule has 1 N–H and O–H groups in total. The minimum atomic E-state index is 0.294. The highest BCUT2D eigenvalue weighted by atomic mass is 32.1. The van der Waals surface area contributed by atoms with Crippen LogP contribution in [0, 0.1) is 0 Å². The van der Waals surface area contributed by atoms with E-state index in [0.29, 0.717) is 6.04 Å². The predicted molar refractivity (Wildman–Crippen MR) is 66.5 cm³/mol. The summed E-state index contributed by atoms with van der Waals surface area (Å²) >= 11 is 1.67. The molecule has 0 fully saturated rings. The molecule has 0 spiro atoms. The molecule has 2 rings (SSSR count). The third-order valence-electron chi connectivity index (χ3n) is 2.63. The van der Waals surface area contributed by atoms with Gasteiger partial charge in [0.2, 0.25) is 0 Å². The van der Waals surface area contributed by atoms with Crippen molar-refractivity contribution in [1.29, 1.82) is 0 Å². The van der Waals surface area contributed by atoms with E-state index in [0.717, 1.165) is 22.9 Å². The van der Waals surface area contributed by atoms with Crippen molar-refractivity contribution in [3.63, 3.8) is 0 Å². The molecular formula is C11H16N4S. The number of thiazole rings is 1. The second-order valence-electron chi connectivity index (χ2n) is 3.62. The fourth-order valence-electron chi connectivity index (χ4n) is 1.52. The molecule has 86 valence electrons. The van der Waals surface area contributed by atoms with Gasteiger partial charge < -0.3 is 5.32 Å². The van der Waals surface area contributed by atoms with E-state index in [-0.39, 0.29) is 0 Å². The van der Waals surface area contributed by atoms with Gasteiger partial charge in [0.05, 0.1) is 11.4 Å². The summed E-state index contributed by atoms with van der Waals surface area (Å²) in [6.45, 7) is 5.07. The normalized spacial score (nSPS) is 12.9. The van der Waals surface area contributed by atoms with Crippen LogP contribution in [0.25, 0.3) is 10.7 Å². The molecule has 2 heterocycles. The highest BCUT2D eigenvalue weighted by Crippen LogP contribution is 2.25. The highest BCUT2D eigenvalue weighted by molar-refractivity contribution is 7.13. The van der Waals surface area contributed by atoms with Gasteiger partial charge in [-0.05, 0) is 27.0 Å². The summed E-state index contributed by atoms with van der Waals surface area (Å²) in [4.78, 5) is 4.63. The summed E-state index contributed by atoms with van der Waals surface area (Å²) in [7, 11) is 1.94. The molecule has 0 radical (unpaired) electrons. The van der Waals surface area contributed by atoms with Crippen molar-refractivity contribution >= 4 is 11.3 Å². The van der Waals surface area contributed by atoms with Gasteiger partial charge in [0.25, 0.3) is 0 Å². The average Bonchev–Trinajstić information content (AvgIpc) is 2.95. The first-order valence-corrected chi connectivity index (χ1v) is 6.29. The molecule has 2 aromatic rings. The number of hydrogen-bond acceptors (Lipinski definition) is 4. The van der Waals surface area contributed by atoms with Gasteiger partial charge in [-0.15, -0.1) is 11.3 Å². The van der Waals surface area contributed by atoms with Crippen LogP contribution in [0.1, 0.15) is 25.6 Å². The topological polar surface area (TPSA) is 42.7 Å². The van der Waals surface area contributed by atoms with Crippen LogP contribution in [-0.4, -0.2) is 21.8 Å². The molecule has 0 aromatic carbocycles. The van der Waals surface area contributed by atoms with Gasteiger partial charge >= 0.3 is 0 Å². The second kappa shape index (κ2) is 4.76. The van der Waals surface area contributed by atoms with E-state index in [1.54, 1.807) is 11.3 Å². The van der Waals surface area contributed by atoms with Crippen molar-refractivity contribution in [3.05, 3.63) is 23.3 Å². The Hall–Kier alpha value is -1.20. The molecule has 0 saturated carbocycles. The Balaban J connectivity index is 2.31. The summed E-state index contributed by atoms with van der Waals surface area (Å²) in [6.07, 6.45) is 1.82. The van der Waals surface area contributed by atoms with Gasteiger partial charge in [0.1, 0.15) is 5.01 Å². The molecule has 0 bridgehead atoms. The SMILES string of the molecule is CCn1nccc1-c1nc(C(C)NC)cs1. The summed E-state index contributed by atoms with van der Waals surface area (Å²) < 4.78 is 1.96. The van der Waals surface area contributed by atoms with Crippen molar-refractivity contribution in [1.82, 2.24) is 20.1 Å². The third kappa shape index (κ3) is 2.01. The molecule has 2 aromatic heterocycles. The van der Waals surface area contributed by atoms with Crippen LogP contribution in [0.2, 0.25) is 0 Å². The number of hydrogen-bond donors (Lipinski definition) is 1. The van der Waals surface area contributed by atoms with Crippen LogP contribution < -0.4 is 5.32 Å². The zero-order valence-electron chi connectivity index (χ0n) is 9.77. The van der Waals surface area contributed by atoms with E-state index in [4.69, 9.17) is 0 Å². The van der Waals surface area contributed by atoms with E-state index in [1.165, 1.54) is 0 Å². The first-order valence-electron chi connectivity index (χ1n) is 5.41. The Morgan fingerprint density at radius 3 is 3.06 bits per heavy atom. The van der Waals surface area contributed by atoms with Crippen molar-refractivity contribution in [3.8, 4) is 10.7 Å². The van der Waals surface area contributed by atoms with Crippen molar-refractivity contribution in [2.45, 2.75) is 26.4 Å². The summed E-state index contributed by atoms with van der Waals surface area (Å²) in [5, 5.41) is 10.6. The Morgan fingerprint density at radius 1 is 1.56 bits per heavy atom. The van der Waals surface area contributed by atoms with Gasteiger partial charge in [-0.2, -0.15) is 5.10 Å².